The van der Waals surface area contributed by atoms with Gasteiger partial charge in [-0.25, -0.2) is 17.6 Å². The molecule has 1 unspecified atom stereocenters. The van der Waals surface area contributed by atoms with E-state index >= 15 is 0 Å². The van der Waals surface area contributed by atoms with Gasteiger partial charge in [0.15, 0.2) is 17.5 Å². The van der Waals surface area contributed by atoms with Gasteiger partial charge in [0.25, 0.3) is 0 Å². The van der Waals surface area contributed by atoms with E-state index in [1.54, 1.807) is 6.92 Å². The molecule has 1 atom stereocenters. The summed E-state index contributed by atoms with van der Waals surface area (Å²) in [4.78, 5) is 3.66. The van der Waals surface area contributed by atoms with E-state index < -0.39 is 29.3 Å². The second-order valence-electron chi connectivity index (χ2n) is 4.03. The molecule has 1 heterocycles. The molecule has 1 aromatic carbocycles. The highest BCUT2D eigenvalue weighted by Crippen LogP contribution is 2.24. The molecule has 0 saturated heterocycles. The number of nitrogens with zero attached hydrogens (tertiary/aromatic N) is 1. The lowest BCUT2D eigenvalue weighted by atomic mass is 10.1. The van der Waals surface area contributed by atoms with Crippen LogP contribution in [0, 0.1) is 23.3 Å². The van der Waals surface area contributed by atoms with Gasteiger partial charge in [0, 0.05) is 6.20 Å². The number of anilines is 1. The normalized spacial score (nSPS) is 12.3. The van der Waals surface area contributed by atoms with Crippen LogP contribution in [0.15, 0.2) is 30.6 Å². The number of pyridine rings is 1. The number of aromatic nitrogens is 1. The third-order valence-corrected chi connectivity index (χ3v) is 2.63. The van der Waals surface area contributed by atoms with Gasteiger partial charge in [-0.1, -0.05) is 0 Å². The van der Waals surface area contributed by atoms with Crippen LogP contribution in [0.4, 0.5) is 23.2 Å². The van der Waals surface area contributed by atoms with Crippen molar-refractivity contribution in [1.82, 2.24) is 4.98 Å². The average Bonchev–Trinajstić information content (AvgIpc) is 2.39. The summed E-state index contributed by atoms with van der Waals surface area (Å²) in [6.45, 7) is 1.62. The second kappa shape index (κ2) is 5.26. The Kier molecular flexibility index (Phi) is 3.69. The second-order valence-corrected chi connectivity index (χ2v) is 4.03. The zero-order valence-corrected chi connectivity index (χ0v) is 9.92. The van der Waals surface area contributed by atoms with Gasteiger partial charge >= 0.3 is 0 Å². The van der Waals surface area contributed by atoms with Crippen LogP contribution >= 0.6 is 0 Å². The Labute approximate surface area is 107 Å². The quantitative estimate of drug-likeness (QED) is 0.677. The van der Waals surface area contributed by atoms with Crippen molar-refractivity contribution in [1.29, 1.82) is 0 Å². The van der Waals surface area contributed by atoms with Gasteiger partial charge in [-0.3, -0.25) is 4.98 Å². The van der Waals surface area contributed by atoms with Gasteiger partial charge in [-0.05, 0) is 30.7 Å². The molecule has 2 nitrogen and oxygen atoms in total. The third kappa shape index (κ3) is 2.83. The summed E-state index contributed by atoms with van der Waals surface area (Å²) >= 11 is 0. The van der Waals surface area contributed by atoms with Crippen molar-refractivity contribution in [3.63, 3.8) is 0 Å². The molecule has 0 aliphatic heterocycles. The summed E-state index contributed by atoms with van der Waals surface area (Å²) in [5, 5.41) is 2.63. The molecule has 0 fully saturated rings. The number of benzene rings is 1. The minimum Gasteiger partial charge on any atom is -0.376 e. The fraction of sp³-hybridized carbons (Fsp3) is 0.154. The zero-order valence-electron chi connectivity index (χ0n) is 9.92. The molecule has 2 rings (SSSR count). The molecule has 1 aromatic heterocycles. The van der Waals surface area contributed by atoms with Crippen LogP contribution in [0.5, 0.6) is 0 Å². The number of halogens is 4. The molecule has 0 aliphatic rings. The molecule has 1 N–H and O–H groups in total. The minimum atomic E-state index is -1.55. The van der Waals surface area contributed by atoms with E-state index in [1.807, 2.05) is 0 Å². The van der Waals surface area contributed by atoms with E-state index in [4.69, 9.17) is 0 Å². The highest BCUT2D eigenvalue weighted by atomic mass is 19.2. The smallest absolute Gasteiger partial charge is 0.196 e. The van der Waals surface area contributed by atoms with E-state index in [0.29, 0.717) is 5.56 Å². The van der Waals surface area contributed by atoms with Crippen LogP contribution in [0.1, 0.15) is 18.5 Å². The zero-order chi connectivity index (χ0) is 14.0. The van der Waals surface area contributed by atoms with Crippen molar-refractivity contribution in [2.45, 2.75) is 13.0 Å². The summed E-state index contributed by atoms with van der Waals surface area (Å²) in [5.74, 6) is -4.65. The highest BCUT2D eigenvalue weighted by molar-refractivity contribution is 5.47. The maximum atomic E-state index is 13.5. The summed E-state index contributed by atoms with van der Waals surface area (Å²) in [7, 11) is 0. The first-order valence-electron chi connectivity index (χ1n) is 5.49. The van der Waals surface area contributed by atoms with E-state index in [2.05, 4.69) is 10.3 Å². The van der Waals surface area contributed by atoms with Crippen LogP contribution in [-0.2, 0) is 0 Å². The van der Waals surface area contributed by atoms with Gasteiger partial charge < -0.3 is 5.32 Å². The first-order valence-corrected chi connectivity index (χ1v) is 5.49. The Bertz CT molecular complexity index is 601. The van der Waals surface area contributed by atoms with Gasteiger partial charge in [0.05, 0.1) is 17.9 Å². The van der Waals surface area contributed by atoms with Crippen LogP contribution in [0.25, 0.3) is 0 Å². The van der Waals surface area contributed by atoms with Crippen molar-refractivity contribution in [3.8, 4) is 0 Å². The average molecular weight is 270 g/mol. The van der Waals surface area contributed by atoms with Crippen molar-refractivity contribution < 1.29 is 17.6 Å². The lowest BCUT2D eigenvalue weighted by Crippen LogP contribution is -2.10. The Hall–Kier alpha value is -2.11. The monoisotopic (exact) mass is 270 g/mol. The molecule has 100 valence electrons. The largest absolute Gasteiger partial charge is 0.376 e. The third-order valence-electron chi connectivity index (χ3n) is 2.63. The molecule has 2 aromatic rings. The first kappa shape index (κ1) is 13.3. The van der Waals surface area contributed by atoms with Crippen molar-refractivity contribution in [2.75, 3.05) is 5.32 Å². The molecular formula is C13H10F4N2. The van der Waals surface area contributed by atoms with Crippen LogP contribution < -0.4 is 5.32 Å². The van der Waals surface area contributed by atoms with Crippen molar-refractivity contribution >= 4 is 5.69 Å². The molecule has 0 radical (unpaired) electrons. The summed E-state index contributed by atoms with van der Waals surface area (Å²) in [6, 6.07) is 2.61. The standard InChI is InChI=1S/C13H10F4N2/c1-7(8-4-9(14)6-18-5-8)19-11-3-2-10(15)12(16)13(11)17/h2-7,19H,1H3. The molecule has 0 spiro atoms. The summed E-state index contributed by atoms with van der Waals surface area (Å²) in [6.07, 6.45) is 2.44. The molecule has 0 amide bonds. The molecular weight excluding hydrogens is 260 g/mol. The topological polar surface area (TPSA) is 24.9 Å². The molecule has 6 heteroatoms. The Morgan fingerprint density at radius 3 is 2.47 bits per heavy atom. The predicted octanol–water partition coefficient (Wildman–Crippen LogP) is 3.81. The van der Waals surface area contributed by atoms with Crippen LogP contribution in [0.3, 0.4) is 0 Å². The van der Waals surface area contributed by atoms with Gasteiger partial charge in [-0.15, -0.1) is 0 Å². The summed E-state index contributed by atoms with van der Waals surface area (Å²) in [5.41, 5.74) is 0.264. The van der Waals surface area contributed by atoms with Gasteiger partial charge in [0.2, 0.25) is 0 Å². The van der Waals surface area contributed by atoms with E-state index in [0.717, 1.165) is 18.3 Å². The SMILES string of the molecule is CC(Nc1ccc(F)c(F)c1F)c1cncc(F)c1. The fourth-order valence-corrected chi connectivity index (χ4v) is 1.62. The molecule has 0 saturated carbocycles. The first-order chi connectivity index (χ1) is 8.99. The number of hydrogen-bond donors (Lipinski definition) is 1. The Morgan fingerprint density at radius 1 is 1.05 bits per heavy atom. The Morgan fingerprint density at radius 2 is 1.79 bits per heavy atom. The van der Waals surface area contributed by atoms with Crippen LogP contribution in [-0.4, -0.2) is 4.98 Å². The van der Waals surface area contributed by atoms with Crippen molar-refractivity contribution in [3.05, 3.63) is 59.4 Å². The van der Waals surface area contributed by atoms with E-state index in [9.17, 15) is 17.6 Å². The van der Waals surface area contributed by atoms with E-state index in [1.165, 1.54) is 12.3 Å². The van der Waals surface area contributed by atoms with Crippen LogP contribution in [0.2, 0.25) is 0 Å². The van der Waals surface area contributed by atoms with E-state index in [-0.39, 0.29) is 5.69 Å². The number of rotatable bonds is 3. The Balaban J connectivity index is 2.24. The fourth-order valence-electron chi connectivity index (χ4n) is 1.62. The number of nitrogens with one attached hydrogen (secondary N) is 1. The lowest BCUT2D eigenvalue weighted by Gasteiger charge is -2.16. The molecule has 0 bridgehead atoms. The molecule has 0 aliphatic carbocycles. The number of hydrogen-bond acceptors (Lipinski definition) is 2. The highest BCUT2D eigenvalue weighted by Gasteiger charge is 2.15. The minimum absolute atomic E-state index is 0.198. The predicted molar refractivity (Wildman–Crippen MR) is 62.5 cm³/mol. The maximum absolute atomic E-state index is 13.5. The summed E-state index contributed by atoms with van der Waals surface area (Å²) < 4.78 is 52.3. The van der Waals surface area contributed by atoms with Gasteiger partial charge in [-0.2, -0.15) is 0 Å². The lowest BCUT2D eigenvalue weighted by molar-refractivity contribution is 0.448. The molecule has 19 heavy (non-hydrogen) atoms. The van der Waals surface area contributed by atoms with Crippen molar-refractivity contribution in [2.24, 2.45) is 0 Å². The van der Waals surface area contributed by atoms with Gasteiger partial charge in [0.1, 0.15) is 5.82 Å². The maximum Gasteiger partial charge on any atom is 0.196 e.